The van der Waals surface area contributed by atoms with E-state index in [9.17, 15) is 0 Å². The van der Waals surface area contributed by atoms with E-state index < -0.39 is 0 Å². The zero-order valence-corrected chi connectivity index (χ0v) is 6.98. The van der Waals surface area contributed by atoms with Crippen LogP contribution in [0.5, 0.6) is 0 Å². The van der Waals surface area contributed by atoms with Crippen LogP contribution in [0.4, 0.5) is 0 Å². The van der Waals surface area contributed by atoms with Crippen molar-refractivity contribution in [1.82, 2.24) is 14.5 Å². The Bertz CT molecular complexity index is 350. The summed E-state index contributed by atoms with van der Waals surface area (Å²) < 4.78 is 7.03. The summed E-state index contributed by atoms with van der Waals surface area (Å²) in [6, 6.07) is 0. The first kappa shape index (κ1) is 7.09. The molecule has 0 aromatic carbocycles. The van der Waals surface area contributed by atoms with Crippen LogP contribution in [-0.4, -0.2) is 14.5 Å². The standard InChI is InChI=1S/C8H9N3O/c1-6-4-12-8(10-6)7-3-11(2)5-9-7/h3-5H,1-2H3. The van der Waals surface area contributed by atoms with Gasteiger partial charge in [0.15, 0.2) is 0 Å². The summed E-state index contributed by atoms with van der Waals surface area (Å²) in [5.41, 5.74) is 1.64. The van der Waals surface area contributed by atoms with Crippen LogP contribution in [0.3, 0.4) is 0 Å². The van der Waals surface area contributed by atoms with Gasteiger partial charge in [0.05, 0.1) is 12.0 Å². The van der Waals surface area contributed by atoms with Crippen LogP contribution in [-0.2, 0) is 7.05 Å². The van der Waals surface area contributed by atoms with Crippen molar-refractivity contribution in [3.8, 4) is 11.6 Å². The van der Waals surface area contributed by atoms with E-state index >= 15 is 0 Å². The van der Waals surface area contributed by atoms with Gasteiger partial charge in [0, 0.05) is 13.2 Å². The zero-order chi connectivity index (χ0) is 8.55. The number of nitrogens with zero attached hydrogens (tertiary/aromatic N) is 3. The van der Waals surface area contributed by atoms with Crippen molar-refractivity contribution in [3.63, 3.8) is 0 Å². The van der Waals surface area contributed by atoms with Crippen molar-refractivity contribution in [1.29, 1.82) is 0 Å². The minimum atomic E-state index is 0.577. The lowest BCUT2D eigenvalue weighted by molar-refractivity contribution is 0.571. The second kappa shape index (κ2) is 2.48. The predicted molar refractivity (Wildman–Crippen MR) is 43.4 cm³/mol. The van der Waals surface area contributed by atoms with Gasteiger partial charge in [0.1, 0.15) is 12.0 Å². The molecule has 0 spiro atoms. The second-order valence-corrected chi connectivity index (χ2v) is 2.72. The Labute approximate surface area is 69.9 Å². The summed E-state index contributed by atoms with van der Waals surface area (Å²) in [5.74, 6) is 0.577. The van der Waals surface area contributed by atoms with Crippen LogP contribution in [0.25, 0.3) is 11.6 Å². The molecule has 62 valence electrons. The lowest BCUT2D eigenvalue weighted by Crippen LogP contribution is -1.78. The van der Waals surface area contributed by atoms with Crippen LogP contribution in [0.15, 0.2) is 23.2 Å². The predicted octanol–water partition coefficient (Wildman–Crippen LogP) is 1.38. The summed E-state index contributed by atoms with van der Waals surface area (Å²) in [7, 11) is 1.91. The van der Waals surface area contributed by atoms with Gasteiger partial charge >= 0.3 is 0 Å². The highest BCUT2D eigenvalue weighted by atomic mass is 16.3. The molecule has 0 unspecified atom stereocenters. The summed E-state index contributed by atoms with van der Waals surface area (Å²) in [5, 5.41) is 0. The third-order valence-electron chi connectivity index (χ3n) is 1.54. The molecule has 0 bridgehead atoms. The van der Waals surface area contributed by atoms with Crippen molar-refractivity contribution in [2.75, 3.05) is 0 Å². The molecule has 0 aliphatic rings. The van der Waals surface area contributed by atoms with Gasteiger partial charge in [-0.2, -0.15) is 0 Å². The van der Waals surface area contributed by atoms with Crippen molar-refractivity contribution in [2.45, 2.75) is 6.92 Å². The molecular formula is C8H9N3O. The minimum absolute atomic E-state index is 0.577. The highest BCUT2D eigenvalue weighted by Crippen LogP contribution is 2.14. The smallest absolute Gasteiger partial charge is 0.246 e. The molecule has 0 aliphatic heterocycles. The Hall–Kier alpha value is -1.58. The summed E-state index contributed by atoms with van der Waals surface area (Å²) in [6.07, 6.45) is 5.20. The Morgan fingerprint density at radius 2 is 2.33 bits per heavy atom. The van der Waals surface area contributed by atoms with Crippen LogP contribution >= 0.6 is 0 Å². The van der Waals surface area contributed by atoms with E-state index in [0.29, 0.717) is 5.89 Å². The number of imidazole rings is 1. The van der Waals surface area contributed by atoms with Crippen LogP contribution in [0, 0.1) is 6.92 Å². The molecule has 0 saturated carbocycles. The molecule has 4 nitrogen and oxygen atoms in total. The molecule has 0 radical (unpaired) electrons. The van der Waals surface area contributed by atoms with Crippen molar-refractivity contribution in [3.05, 3.63) is 24.5 Å². The van der Waals surface area contributed by atoms with Gasteiger partial charge in [-0.25, -0.2) is 9.97 Å². The van der Waals surface area contributed by atoms with Gasteiger partial charge in [-0.15, -0.1) is 0 Å². The van der Waals surface area contributed by atoms with Gasteiger partial charge in [-0.05, 0) is 6.92 Å². The van der Waals surface area contributed by atoms with Crippen molar-refractivity contribution < 1.29 is 4.42 Å². The van der Waals surface area contributed by atoms with Gasteiger partial charge in [-0.3, -0.25) is 0 Å². The number of aromatic nitrogens is 3. The molecular weight excluding hydrogens is 154 g/mol. The Morgan fingerprint density at radius 1 is 1.50 bits per heavy atom. The third-order valence-corrected chi connectivity index (χ3v) is 1.54. The second-order valence-electron chi connectivity index (χ2n) is 2.72. The number of hydrogen-bond acceptors (Lipinski definition) is 3. The Balaban J connectivity index is 2.43. The molecule has 12 heavy (non-hydrogen) atoms. The lowest BCUT2D eigenvalue weighted by Gasteiger charge is -1.84. The molecule has 2 rings (SSSR count). The summed E-state index contributed by atoms with van der Waals surface area (Å²) in [4.78, 5) is 8.26. The summed E-state index contributed by atoms with van der Waals surface area (Å²) in [6.45, 7) is 1.88. The van der Waals surface area contributed by atoms with Crippen LogP contribution in [0.1, 0.15) is 5.69 Å². The van der Waals surface area contributed by atoms with Crippen LogP contribution in [0.2, 0.25) is 0 Å². The fraction of sp³-hybridized carbons (Fsp3) is 0.250. The molecule has 2 heterocycles. The molecule has 0 N–H and O–H groups in total. The van der Waals surface area contributed by atoms with Gasteiger partial charge in [-0.1, -0.05) is 0 Å². The van der Waals surface area contributed by atoms with Crippen LogP contribution < -0.4 is 0 Å². The van der Waals surface area contributed by atoms with E-state index in [0.717, 1.165) is 11.4 Å². The quantitative estimate of drug-likeness (QED) is 0.638. The van der Waals surface area contributed by atoms with Gasteiger partial charge in [0.2, 0.25) is 5.89 Å². The molecule has 0 aliphatic carbocycles. The maximum Gasteiger partial charge on any atom is 0.246 e. The molecule has 0 saturated heterocycles. The maximum atomic E-state index is 5.18. The van der Waals surface area contributed by atoms with E-state index in [1.54, 1.807) is 12.6 Å². The molecule has 2 aromatic rings. The number of hydrogen-bond donors (Lipinski definition) is 0. The molecule has 2 aromatic heterocycles. The molecule has 4 heteroatoms. The van der Waals surface area contributed by atoms with Crippen molar-refractivity contribution in [2.24, 2.45) is 7.05 Å². The third kappa shape index (κ3) is 1.11. The average molecular weight is 163 g/mol. The highest BCUT2D eigenvalue weighted by Gasteiger charge is 2.05. The molecule has 0 fully saturated rings. The monoisotopic (exact) mass is 163 g/mol. The largest absolute Gasteiger partial charge is 0.443 e. The number of rotatable bonds is 1. The first-order chi connectivity index (χ1) is 5.75. The first-order valence-corrected chi connectivity index (χ1v) is 3.66. The average Bonchev–Trinajstić information content (AvgIpc) is 2.58. The van der Waals surface area contributed by atoms with E-state index in [1.807, 2.05) is 24.7 Å². The van der Waals surface area contributed by atoms with E-state index in [1.165, 1.54) is 0 Å². The molecule has 0 amide bonds. The Morgan fingerprint density at radius 3 is 2.83 bits per heavy atom. The first-order valence-electron chi connectivity index (χ1n) is 3.66. The normalized spacial score (nSPS) is 10.5. The Kier molecular flexibility index (Phi) is 1.46. The van der Waals surface area contributed by atoms with Gasteiger partial charge < -0.3 is 8.98 Å². The fourth-order valence-electron chi connectivity index (χ4n) is 0.995. The van der Waals surface area contributed by atoms with E-state index in [2.05, 4.69) is 9.97 Å². The SMILES string of the molecule is Cc1coc(-c2cn(C)cn2)n1. The summed E-state index contributed by atoms with van der Waals surface area (Å²) >= 11 is 0. The fourth-order valence-corrected chi connectivity index (χ4v) is 0.995. The topological polar surface area (TPSA) is 43.9 Å². The number of oxazole rings is 1. The molecule has 0 atom stereocenters. The maximum absolute atomic E-state index is 5.18. The highest BCUT2D eigenvalue weighted by molar-refractivity contribution is 5.44. The number of aryl methyl sites for hydroxylation is 2. The van der Waals surface area contributed by atoms with E-state index in [4.69, 9.17) is 4.42 Å². The van der Waals surface area contributed by atoms with Crippen molar-refractivity contribution >= 4 is 0 Å². The minimum Gasteiger partial charge on any atom is -0.443 e. The zero-order valence-electron chi connectivity index (χ0n) is 6.98. The van der Waals surface area contributed by atoms with E-state index in [-0.39, 0.29) is 0 Å². The van der Waals surface area contributed by atoms with Gasteiger partial charge in [0.25, 0.3) is 0 Å². The lowest BCUT2D eigenvalue weighted by atomic mass is 10.5.